The van der Waals surface area contributed by atoms with Crippen LogP contribution < -0.4 is 24.8 Å². The maximum atomic E-state index is 13.9. The number of nitrogens with zero attached hydrogens (tertiary/aromatic N) is 2. The van der Waals surface area contributed by atoms with Crippen molar-refractivity contribution in [2.45, 2.75) is 62.5 Å². The van der Waals surface area contributed by atoms with Crippen molar-refractivity contribution in [2.75, 3.05) is 17.1 Å². The molecule has 0 bridgehead atoms. The molecule has 12 nitrogen and oxygen atoms in total. The number of benzene rings is 4. The smallest absolute Gasteiger partial charge is 0.274 e. The number of ether oxygens (including phenoxy) is 3. The molecule has 4 aromatic carbocycles. The number of sulfonamides is 1. The second-order valence-electron chi connectivity index (χ2n) is 12.4. The summed E-state index contributed by atoms with van der Waals surface area (Å²) in [5, 5.41) is 10.3. The van der Waals surface area contributed by atoms with Crippen LogP contribution in [-0.2, 0) is 39.3 Å². The Kier molecular flexibility index (Phi) is 11.8. The fourth-order valence-electron chi connectivity index (χ4n) is 5.97. The van der Waals surface area contributed by atoms with Gasteiger partial charge in [0, 0.05) is 6.07 Å². The van der Waals surface area contributed by atoms with E-state index in [0.717, 1.165) is 36.8 Å². The predicted molar refractivity (Wildman–Crippen MR) is 197 cm³/mol. The van der Waals surface area contributed by atoms with Crippen molar-refractivity contribution < 1.29 is 32.2 Å². The molecule has 0 saturated heterocycles. The van der Waals surface area contributed by atoms with Crippen LogP contribution in [0.15, 0.2) is 120 Å². The number of aromatic nitrogens is 2. The molecule has 270 valence electrons. The van der Waals surface area contributed by atoms with Gasteiger partial charge in [0.1, 0.15) is 30.3 Å². The van der Waals surface area contributed by atoms with E-state index in [1.165, 1.54) is 42.1 Å². The van der Waals surface area contributed by atoms with Gasteiger partial charge in [0.2, 0.25) is 5.91 Å². The van der Waals surface area contributed by atoms with Crippen molar-refractivity contribution >= 4 is 33.3 Å². The van der Waals surface area contributed by atoms with Crippen LogP contribution in [0.4, 0.5) is 11.5 Å². The van der Waals surface area contributed by atoms with Crippen molar-refractivity contribution in [3.05, 3.63) is 132 Å². The molecular weight excluding hydrogens is 683 g/mol. The molecule has 1 fully saturated rings. The number of rotatable bonds is 15. The maximum absolute atomic E-state index is 13.9. The molecule has 1 heterocycles. The van der Waals surface area contributed by atoms with Gasteiger partial charge >= 0.3 is 0 Å². The van der Waals surface area contributed by atoms with Gasteiger partial charge in [-0.3, -0.25) is 14.3 Å². The topological polar surface area (TPSA) is 150 Å². The molecule has 0 aliphatic heterocycles. The summed E-state index contributed by atoms with van der Waals surface area (Å²) in [6.07, 6.45) is 3.29. The molecule has 0 radical (unpaired) electrons. The van der Waals surface area contributed by atoms with Crippen LogP contribution in [0.2, 0.25) is 0 Å². The summed E-state index contributed by atoms with van der Waals surface area (Å²) in [7, 11) is -2.62. The standard InChI is InChI=1S/C39H41N5O7S/c1-49-30-20-22-31(23-21-30)52(47,48)43-37-24-34(39(46)41-33-17-9-11-19-36(33)51-27-29-14-6-3-7-15-29)44(42-37)25-38(45)40-32-16-8-10-18-35(32)50-26-28-12-4-2-5-13-28/h2-7,9,11-15,17,19-24,32,35H,8,10,16,18,25-27H2,1H3,(H,40,45)(H,41,46)(H,42,43)/t32-,35-/m0/s1. The zero-order chi connectivity index (χ0) is 36.3. The Balaban J connectivity index is 1.21. The van der Waals surface area contributed by atoms with Crippen LogP contribution in [0, 0.1) is 0 Å². The molecule has 6 rings (SSSR count). The quantitative estimate of drug-likeness (QED) is 0.116. The van der Waals surface area contributed by atoms with Crippen molar-refractivity contribution in [3.8, 4) is 11.5 Å². The Morgan fingerprint density at radius 1 is 0.827 bits per heavy atom. The lowest BCUT2D eigenvalue weighted by Crippen LogP contribution is -2.47. The summed E-state index contributed by atoms with van der Waals surface area (Å²) in [6, 6.07) is 33.3. The van der Waals surface area contributed by atoms with Gasteiger partial charge in [0.25, 0.3) is 15.9 Å². The Morgan fingerprint density at radius 2 is 1.48 bits per heavy atom. The minimum Gasteiger partial charge on any atom is -0.497 e. The lowest BCUT2D eigenvalue weighted by Gasteiger charge is -2.32. The van der Waals surface area contributed by atoms with E-state index in [1.54, 1.807) is 24.3 Å². The van der Waals surface area contributed by atoms with Gasteiger partial charge in [-0.1, -0.05) is 85.6 Å². The molecule has 52 heavy (non-hydrogen) atoms. The summed E-state index contributed by atoms with van der Waals surface area (Å²) >= 11 is 0. The van der Waals surface area contributed by atoms with Crippen molar-refractivity contribution in [3.63, 3.8) is 0 Å². The van der Waals surface area contributed by atoms with Gasteiger partial charge in [0.15, 0.2) is 5.82 Å². The number of hydrogen-bond acceptors (Lipinski definition) is 8. The number of anilines is 2. The summed E-state index contributed by atoms with van der Waals surface area (Å²) in [6.45, 7) is 0.358. The highest BCUT2D eigenvalue weighted by Crippen LogP contribution is 2.27. The number of nitrogens with one attached hydrogen (secondary N) is 3. The first-order valence-corrected chi connectivity index (χ1v) is 18.5. The Morgan fingerprint density at radius 3 is 2.19 bits per heavy atom. The van der Waals surface area contributed by atoms with Gasteiger partial charge in [-0.15, -0.1) is 0 Å². The van der Waals surface area contributed by atoms with Crippen LogP contribution in [-0.4, -0.2) is 49.3 Å². The molecule has 13 heteroatoms. The summed E-state index contributed by atoms with van der Waals surface area (Å²) in [5.41, 5.74) is 2.34. The average molecular weight is 724 g/mol. The molecule has 1 saturated carbocycles. The molecule has 2 atom stereocenters. The van der Waals surface area contributed by atoms with Crippen molar-refractivity contribution in [2.24, 2.45) is 0 Å². The SMILES string of the molecule is COc1ccc(S(=O)(=O)Nc2cc(C(=O)Nc3ccccc3OCc3ccccc3)n(CC(=O)N[C@H]3CCCC[C@@H]3OCc3ccccc3)n2)cc1. The van der Waals surface area contributed by atoms with Crippen LogP contribution in [0.1, 0.15) is 47.3 Å². The van der Waals surface area contributed by atoms with E-state index in [9.17, 15) is 18.0 Å². The van der Waals surface area contributed by atoms with Gasteiger partial charge in [-0.25, -0.2) is 13.1 Å². The molecule has 5 aromatic rings. The molecular formula is C39H41N5O7S. The van der Waals surface area contributed by atoms with E-state index in [4.69, 9.17) is 14.2 Å². The highest BCUT2D eigenvalue weighted by molar-refractivity contribution is 7.92. The maximum Gasteiger partial charge on any atom is 0.274 e. The highest BCUT2D eigenvalue weighted by atomic mass is 32.2. The van der Waals surface area contributed by atoms with E-state index in [1.807, 2.05) is 60.7 Å². The highest BCUT2D eigenvalue weighted by Gasteiger charge is 2.29. The van der Waals surface area contributed by atoms with Crippen LogP contribution >= 0.6 is 0 Å². The Labute approximate surface area is 303 Å². The number of methoxy groups -OCH3 is 1. The third-order valence-electron chi connectivity index (χ3n) is 8.64. The monoisotopic (exact) mass is 723 g/mol. The second-order valence-corrected chi connectivity index (χ2v) is 14.1. The van der Waals surface area contributed by atoms with E-state index < -0.39 is 21.8 Å². The van der Waals surface area contributed by atoms with E-state index in [0.29, 0.717) is 23.8 Å². The fraction of sp³-hybridized carbons (Fsp3) is 0.256. The van der Waals surface area contributed by atoms with Crippen LogP contribution in [0.3, 0.4) is 0 Å². The van der Waals surface area contributed by atoms with Crippen LogP contribution in [0.25, 0.3) is 0 Å². The average Bonchev–Trinajstić information content (AvgIpc) is 3.55. The lowest BCUT2D eigenvalue weighted by atomic mass is 9.92. The summed E-state index contributed by atoms with van der Waals surface area (Å²) in [4.78, 5) is 27.4. The van der Waals surface area contributed by atoms with Gasteiger partial charge < -0.3 is 24.8 Å². The van der Waals surface area contributed by atoms with Crippen molar-refractivity contribution in [1.29, 1.82) is 0 Å². The third kappa shape index (κ3) is 9.56. The summed E-state index contributed by atoms with van der Waals surface area (Å²) < 4.78 is 47.6. The van der Waals surface area contributed by atoms with Gasteiger partial charge in [-0.2, -0.15) is 5.10 Å². The zero-order valence-corrected chi connectivity index (χ0v) is 29.6. The normalized spacial score (nSPS) is 15.7. The predicted octanol–water partition coefficient (Wildman–Crippen LogP) is 6.17. The number of para-hydroxylation sites is 2. The van der Waals surface area contributed by atoms with Gasteiger partial charge in [-0.05, 0) is 60.4 Å². The zero-order valence-electron chi connectivity index (χ0n) is 28.7. The Hall–Kier alpha value is -5.66. The second kappa shape index (κ2) is 17.0. The van der Waals surface area contributed by atoms with Crippen molar-refractivity contribution in [1.82, 2.24) is 15.1 Å². The fourth-order valence-corrected chi connectivity index (χ4v) is 6.95. The minimum absolute atomic E-state index is 0.0325. The van der Waals surface area contributed by atoms with Crippen LogP contribution in [0.5, 0.6) is 11.5 Å². The molecule has 2 amide bonds. The Bertz CT molecular complexity index is 2060. The minimum atomic E-state index is -4.10. The van der Waals surface area contributed by atoms with Gasteiger partial charge in [0.05, 0.1) is 36.4 Å². The molecule has 3 N–H and O–H groups in total. The first-order chi connectivity index (χ1) is 25.3. The van der Waals surface area contributed by atoms with E-state index in [2.05, 4.69) is 20.5 Å². The molecule has 0 unspecified atom stereocenters. The number of amides is 2. The third-order valence-corrected chi connectivity index (χ3v) is 10.0. The number of carbonyl (C=O) groups excluding carboxylic acids is 2. The van der Waals surface area contributed by atoms with E-state index in [-0.39, 0.29) is 41.7 Å². The number of carbonyl (C=O) groups is 2. The molecule has 1 aromatic heterocycles. The molecule has 1 aliphatic rings. The molecule has 1 aliphatic carbocycles. The lowest BCUT2D eigenvalue weighted by molar-refractivity contribution is -0.124. The first-order valence-electron chi connectivity index (χ1n) is 17.0. The van der Waals surface area contributed by atoms with E-state index >= 15 is 0 Å². The first kappa shape index (κ1) is 36.1. The molecule has 0 spiro atoms. The summed E-state index contributed by atoms with van der Waals surface area (Å²) in [5.74, 6) is -0.222. The number of hydrogen-bond donors (Lipinski definition) is 3. The largest absolute Gasteiger partial charge is 0.497 e.